The monoisotopic (exact) mass is 541 g/mol. The fourth-order valence-electron chi connectivity index (χ4n) is 4.00. The molecule has 1 aliphatic heterocycles. The molecule has 1 saturated heterocycles. The van der Waals surface area contributed by atoms with E-state index in [4.69, 9.17) is 25.1 Å². The van der Waals surface area contributed by atoms with Gasteiger partial charge in [0, 0.05) is 41.5 Å². The summed E-state index contributed by atoms with van der Waals surface area (Å²) in [6.45, 7) is 2.88. The van der Waals surface area contributed by atoms with Crippen LogP contribution in [0.15, 0.2) is 65.3 Å². The topological polar surface area (TPSA) is 112 Å². The Hall–Kier alpha value is -3.07. The van der Waals surface area contributed by atoms with Gasteiger partial charge in [0.2, 0.25) is 13.9 Å². The van der Waals surface area contributed by atoms with E-state index in [0.717, 1.165) is 23.4 Å². The van der Waals surface area contributed by atoms with Gasteiger partial charge in [0.15, 0.2) is 0 Å². The minimum Gasteiger partial charge on any atom is -0.427 e. The molecule has 9 nitrogen and oxygen atoms in total. The average molecular weight is 542 g/mol. The third-order valence-electron chi connectivity index (χ3n) is 5.91. The molecule has 11 heteroatoms. The molecular weight excluding hydrogens is 515 g/mol. The average Bonchev–Trinajstić information content (AvgIpc) is 3.50. The summed E-state index contributed by atoms with van der Waals surface area (Å²) in [5.74, 6) is 1.18. The van der Waals surface area contributed by atoms with Gasteiger partial charge in [-0.25, -0.2) is 4.98 Å². The molecule has 0 saturated carbocycles. The Balaban J connectivity index is 1.25. The largest absolute Gasteiger partial charge is 0.427 e. The molecule has 0 atom stereocenters. The number of benzene rings is 2. The van der Waals surface area contributed by atoms with Crippen LogP contribution in [0.1, 0.15) is 30.0 Å². The number of rotatable bonds is 8. The highest BCUT2D eigenvalue weighted by atomic mass is 35.5. The van der Waals surface area contributed by atoms with Crippen molar-refractivity contribution in [2.75, 3.05) is 18.5 Å². The number of nitrogens with one attached hydrogen (secondary N) is 1. The van der Waals surface area contributed by atoms with Crippen LogP contribution in [0.25, 0.3) is 17.3 Å². The normalized spacial score (nSPS) is 15.0. The number of oxazole rings is 1. The molecule has 1 fully saturated rings. The number of halogens is 1. The molecule has 193 valence electrons. The summed E-state index contributed by atoms with van der Waals surface area (Å²) in [6, 6.07) is 15.0. The zero-order valence-corrected chi connectivity index (χ0v) is 21.9. The highest BCUT2D eigenvalue weighted by Crippen LogP contribution is 2.61. The Labute approximate surface area is 220 Å². The van der Waals surface area contributed by atoms with E-state index >= 15 is 0 Å². The van der Waals surface area contributed by atoms with Crippen molar-refractivity contribution < 1.29 is 23.2 Å². The number of aromatic nitrogens is 3. The van der Waals surface area contributed by atoms with Crippen LogP contribution in [0.3, 0.4) is 0 Å². The predicted molar refractivity (Wildman–Crippen MR) is 142 cm³/mol. The van der Waals surface area contributed by atoms with E-state index in [9.17, 15) is 9.69 Å². The number of carbonyl (C=O) groups excluding carboxylic acids is 1. The van der Waals surface area contributed by atoms with Crippen molar-refractivity contribution >= 4 is 31.1 Å². The lowest BCUT2D eigenvalue weighted by Crippen LogP contribution is -2.14. The van der Waals surface area contributed by atoms with Crippen LogP contribution in [0.2, 0.25) is 5.02 Å². The molecule has 0 spiro atoms. The van der Waals surface area contributed by atoms with Crippen molar-refractivity contribution in [2.24, 2.45) is 0 Å². The van der Waals surface area contributed by atoms with Crippen molar-refractivity contribution in [1.29, 1.82) is 0 Å². The smallest absolute Gasteiger partial charge is 0.307 e. The van der Waals surface area contributed by atoms with Gasteiger partial charge in [-0.15, -0.1) is 0 Å². The third kappa shape index (κ3) is 6.26. The van der Waals surface area contributed by atoms with E-state index in [1.807, 2.05) is 31.2 Å². The van der Waals surface area contributed by atoms with Gasteiger partial charge in [0.1, 0.15) is 17.3 Å². The Morgan fingerprint density at radius 3 is 2.54 bits per heavy atom. The molecular formula is C26H27ClN4O5P. The first kappa shape index (κ1) is 25.6. The summed E-state index contributed by atoms with van der Waals surface area (Å²) < 4.78 is 18.8. The Morgan fingerprint density at radius 1 is 1.14 bits per heavy atom. The van der Waals surface area contributed by atoms with Crippen LogP contribution in [0.4, 0.5) is 5.69 Å². The van der Waals surface area contributed by atoms with Crippen molar-refractivity contribution in [3.8, 4) is 17.3 Å². The van der Waals surface area contributed by atoms with Crippen LogP contribution in [-0.4, -0.2) is 38.5 Å². The van der Waals surface area contributed by atoms with Crippen molar-refractivity contribution in [3.63, 3.8) is 0 Å². The van der Waals surface area contributed by atoms with Crippen molar-refractivity contribution in [2.45, 2.75) is 32.3 Å². The van der Waals surface area contributed by atoms with Gasteiger partial charge in [0.25, 0.3) is 0 Å². The number of anilines is 1. The zero-order valence-electron chi connectivity index (χ0n) is 20.3. The molecule has 1 amide bonds. The van der Waals surface area contributed by atoms with Gasteiger partial charge in [-0.2, -0.15) is 4.98 Å². The van der Waals surface area contributed by atoms with Crippen LogP contribution in [0, 0.1) is 6.92 Å². The number of hydrogen-bond acceptors (Lipinski definition) is 7. The van der Waals surface area contributed by atoms with Gasteiger partial charge in [0.05, 0.1) is 19.4 Å². The lowest BCUT2D eigenvalue weighted by molar-refractivity contribution is -0.116. The molecule has 0 bridgehead atoms. The number of amides is 1. The molecule has 0 aliphatic carbocycles. The van der Waals surface area contributed by atoms with Gasteiger partial charge < -0.3 is 23.7 Å². The number of aryl methyl sites for hydroxylation is 2. The molecule has 0 unspecified atom stereocenters. The molecule has 2 aromatic carbocycles. The maximum atomic E-state index is 12.7. The molecule has 1 aliphatic rings. The second-order valence-corrected chi connectivity index (χ2v) is 11.2. The van der Waals surface area contributed by atoms with Crippen LogP contribution in [0.5, 0.6) is 0 Å². The molecule has 1 radical (unpaired) electrons. The zero-order chi connectivity index (χ0) is 25.8. The Bertz CT molecular complexity index is 1360. The van der Waals surface area contributed by atoms with Gasteiger partial charge in [-0.1, -0.05) is 35.9 Å². The Kier molecular flexibility index (Phi) is 7.69. The first-order valence-electron chi connectivity index (χ1n) is 11.9. The maximum Gasteiger partial charge on any atom is 0.307 e. The summed E-state index contributed by atoms with van der Waals surface area (Å²) in [6.07, 6.45) is 5.12. The standard InChI is InChI=1S/C26H27ClN4O5P/c1-18-28-13-14-31(18)26-30-25(20-5-7-21(27)8-6-20)23(36-26)11-12-24(32)29-22-9-3-19(4-10-22)17-37(33)34-15-2-16-35-37/h3-10,13-14,33H,2,11-12,15-17H2,1H3,(H,29,32). The SMILES string of the molecule is Cc1nccn1-c1nc(-c2ccc(Cl)cc2)c(CCC(=O)Nc2ccc(C[P]3(O)OCCCO3)cc2)o1. The fourth-order valence-corrected chi connectivity index (χ4v) is 5.89. The molecule has 37 heavy (non-hydrogen) atoms. The van der Waals surface area contributed by atoms with Gasteiger partial charge >= 0.3 is 6.01 Å². The second-order valence-electron chi connectivity index (χ2n) is 8.68. The summed E-state index contributed by atoms with van der Waals surface area (Å²) in [5, 5.41) is 3.54. The Morgan fingerprint density at radius 2 is 1.86 bits per heavy atom. The van der Waals surface area contributed by atoms with Crippen LogP contribution >= 0.6 is 19.5 Å². The molecule has 2 aromatic heterocycles. The van der Waals surface area contributed by atoms with E-state index in [0.29, 0.717) is 54.0 Å². The second kappa shape index (κ2) is 11.1. The summed E-state index contributed by atoms with van der Waals surface area (Å²) in [5.41, 5.74) is 3.05. The van der Waals surface area contributed by atoms with E-state index < -0.39 is 7.94 Å². The first-order valence-corrected chi connectivity index (χ1v) is 14.1. The van der Waals surface area contributed by atoms with E-state index in [-0.39, 0.29) is 12.3 Å². The highest BCUT2D eigenvalue weighted by Gasteiger charge is 2.30. The minimum atomic E-state index is -2.84. The summed E-state index contributed by atoms with van der Waals surface area (Å²) >= 11 is 6.06. The van der Waals surface area contributed by atoms with Gasteiger partial charge in [-0.3, -0.25) is 9.36 Å². The van der Waals surface area contributed by atoms with E-state index in [1.54, 1.807) is 41.2 Å². The third-order valence-corrected chi connectivity index (χ3v) is 8.10. The number of hydrogen-bond donors (Lipinski definition) is 2. The van der Waals surface area contributed by atoms with Crippen molar-refractivity contribution in [3.05, 3.63) is 83.1 Å². The maximum absolute atomic E-state index is 12.7. The van der Waals surface area contributed by atoms with E-state index in [2.05, 4.69) is 15.3 Å². The lowest BCUT2D eigenvalue weighted by Gasteiger charge is -2.32. The minimum absolute atomic E-state index is 0.156. The van der Waals surface area contributed by atoms with Crippen LogP contribution < -0.4 is 5.32 Å². The predicted octanol–water partition coefficient (Wildman–Crippen LogP) is 5.75. The number of imidazole rings is 1. The number of carbonyl (C=O) groups is 1. The van der Waals surface area contributed by atoms with Crippen LogP contribution in [-0.2, 0) is 26.4 Å². The van der Waals surface area contributed by atoms with Crippen molar-refractivity contribution in [1.82, 2.24) is 14.5 Å². The van der Waals surface area contributed by atoms with Gasteiger partial charge in [-0.05, 0) is 43.2 Å². The summed E-state index contributed by atoms with van der Waals surface area (Å²) in [4.78, 5) is 32.1. The first-order chi connectivity index (χ1) is 17.9. The molecule has 2 N–H and O–H groups in total. The van der Waals surface area contributed by atoms with E-state index in [1.165, 1.54) is 0 Å². The number of nitrogens with zero attached hydrogens (tertiary/aromatic N) is 3. The fraction of sp³-hybridized carbons (Fsp3) is 0.269. The molecule has 4 aromatic rings. The quantitative estimate of drug-likeness (QED) is 0.273. The molecule has 5 rings (SSSR count). The molecule has 3 heterocycles. The lowest BCUT2D eigenvalue weighted by atomic mass is 10.1. The highest BCUT2D eigenvalue weighted by molar-refractivity contribution is 7.59. The summed E-state index contributed by atoms with van der Waals surface area (Å²) in [7, 11) is -2.84.